The van der Waals surface area contributed by atoms with Crippen LogP contribution < -0.4 is 10.1 Å². The number of ether oxygens (including phenoxy) is 3. The first-order valence-corrected chi connectivity index (χ1v) is 6.70. The number of benzene rings is 1. The van der Waals surface area contributed by atoms with E-state index in [2.05, 4.69) is 17.4 Å². The van der Waals surface area contributed by atoms with E-state index in [0.717, 1.165) is 31.8 Å². The summed E-state index contributed by atoms with van der Waals surface area (Å²) in [6.45, 7) is 1.49. The van der Waals surface area contributed by atoms with Gasteiger partial charge in [-0.3, -0.25) is 0 Å². The number of hydrogen-bond acceptors (Lipinski definition) is 4. The molecule has 0 aliphatic carbocycles. The van der Waals surface area contributed by atoms with E-state index in [0.29, 0.717) is 0 Å². The summed E-state index contributed by atoms with van der Waals surface area (Å²) < 4.78 is 16.7. The van der Waals surface area contributed by atoms with E-state index in [4.69, 9.17) is 14.2 Å². The Balaban J connectivity index is 2.30. The van der Waals surface area contributed by atoms with Gasteiger partial charge in [-0.1, -0.05) is 12.1 Å². The second-order valence-corrected chi connectivity index (χ2v) is 4.88. The fourth-order valence-electron chi connectivity index (χ4n) is 2.88. The molecular weight excluding hydrogens is 242 g/mol. The normalized spacial score (nSPS) is 19.9. The molecule has 0 bridgehead atoms. The molecule has 4 heteroatoms. The zero-order valence-corrected chi connectivity index (χ0v) is 11.9. The maximum absolute atomic E-state index is 5.88. The Labute approximate surface area is 115 Å². The molecule has 19 heavy (non-hydrogen) atoms. The second-order valence-electron chi connectivity index (χ2n) is 4.88. The van der Waals surface area contributed by atoms with Crippen LogP contribution in [0.3, 0.4) is 0 Å². The molecule has 2 rings (SSSR count). The maximum atomic E-state index is 5.88. The molecule has 0 aromatic heterocycles. The summed E-state index contributed by atoms with van der Waals surface area (Å²) in [5, 5.41) is 3.40. The number of methoxy groups -OCH3 is 2. The lowest BCUT2D eigenvalue weighted by Crippen LogP contribution is -2.48. The third kappa shape index (κ3) is 2.91. The molecule has 1 atom stereocenters. The first-order chi connectivity index (χ1) is 9.25. The molecule has 1 aromatic rings. The highest BCUT2D eigenvalue weighted by atomic mass is 16.5. The molecule has 1 aliphatic rings. The summed E-state index contributed by atoms with van der Waals surface area (Å²) in [7, 11) is 5.45. The van der Waals surface area contributed by atoms with Crippen LogP contribution >= 0.6 is 0 Å². The van der Waals surface area contributed by atoms with Crippen LogP contribution in [0.2, 0.25) is 0 Å². The van der Waals surface area contributed by atoms with Gasteiger partial charge in [0.1, 0.15) is 5.75 Å². The molecule has 1 saturated heterocycles. The number of likely N-dealkylation sites (N-methyl/N-ethyl adjacent to an activating group) is 1. The Hall–Kier alpha value is -1.10. The molecule has 1 fully saturated rings. The molecule has 0 spiro atoms. The quantitative estimate of drug-likeness (QED) is 0.885. The van der Waals surface area contributed by atoms with Crippen molar-refractivity contribution in [2.75, 3.05) is 34.5 Å². The topological polar surface area (TPSA) is 39.7 Å². The fraction of sp³-hybridized carbons (Fsp3) is 0.600. The Morgan fingerprint density at radius 2 is 2.00 bits per heavy atom. The highest BCUT2D eigenvalue weighted by molar-refractivity contribution is 5.32. The van der Waals surface area contributed by atoms with Crippen molar-refractivity contribution in [1.82, 2.24) is 5.32 Å². The van der Waals surface area contributed by atoms with Crippen molar-refractivity contribution in [2.45, 2.75) is 24.5 Å². The molecule has 1 aliphatic heterocycles. The largest absolute Gasteiger partial charge is 0.497 e. The van der Waals surface area contributed by atoms with Gasteiger partial charge in [-0.05, 0) is 24.7 Å². The van der Waals surface area contributed by atoms with Gasteiger partial charge in [0, 0.05) is 33.2 Å². The zero-order chi connectivity index (χ0) is 13.7. The van der Waals surface area contributed by atoms with E-state index in [1.807, 2.05) is 19.2 Å². The minimum Gasteiger partial charge on any atom is -0.497 e. The van der Waals surface area contributed by atoms with Crippen molar-refractivity contribution in [3.05, 3.63) is 29.8 Å². The van der Waals surface area contributed by atoms with Crippen LogP contribution in [0.4, 0.5) is 0 Å². The molecule has 1 N–H and O–H groups in total. The summed E-state index contributed by atoms with van der Waals surface area (Å²) in [5.41, 5.74) is 0.977. The monoisotopic (exact) mass is 265 g/mol. The predicted octanol–water partition coefficient (Wildman–Crippen LogP) is 2.15. The first-order valence-electron chi connectivity index (χ1n) is 6.70. The molecule has 1 heterocycles. The van der Waals surface area contributed by atoms with Crippen LogP contribution in [0.25, 0.3) is 0 Å². The number of nitrogens with one attached hydrogen (secondary N) is 1. The van der Waals surface area contributed by atoms with Gasteiger partial charge in [-0.2, -0.15) is 0 Å². The summed E-state index contributed by atoms with van der Waals surface area (Å²) in [5.74, 6) is 0.871. The van der Waals surface area contributed by atoms with E-state index < -0.39 is 0 Å². The smallest absolute Gasteiger partial charge is 0.119 e. The molecule has 1 aromatic carbocycles. The Bertz CT molecular complexity index is 402. The van der Waals surface area contributed by atoms with Crippen molar-refractivity contribution in [1.29, 1.82) is 0 Å². The summed E-state index contributed by atoms with van der Waals surface area (Å²) >= 11 is 0. The molecular formula is C15H23NO3. The summed E-state index contributed by atoms with van der Waals surface area (Å²) in [4.78, 5) is 0. The number of rotatable bonds is 5. The third-order valence-electron chi connectivity index (χ3n) is 3.99. The van der Waals surface area contributed by atoms with Crippen molar-refractivity contribution < 1.29 is 14.2 Å². The van der Waals surface area contributed by atoms with Crippen LogP contribution in [0.1, 0.15) is 24.4 Å². The van der Waals surface area contributed by atoms with Crippen LogP contribution in [-0.2, 0) is 9.47 Å². The lowest BCUT2D eigenvalue weighted by molar-refractivity contribution is -0.110. The van der Waals surface area contributed by atoms with E-state index in [9.17, 15) is 0 Å². The van der Waals surface area contributed by atoms with Gasteiger partial charge < -0.3 is 19.5 Å². The first kappa shape index (κ1) is 14.3. The SMILES string of the molecule is CNC(c1cccc(OC)c1)C1(OC)CCOCC1. The second kappa shape index (κ2) is 6.37. The Morgan fingerprint density at radius 3 is 2.58 bits per heavy atom. The molecule has 106 valence electrons. The van der Waals surface area contributed by atoms with Crippen molar-refractivity contribution in [3.63, 3.8) is 0 Å². The minimum absolute atomic E-state index is 0.136. The van der Waals surface area contributed by atoms with Crippen molar-refractivity contribution in [2.24, 2.45) is 0 Å². The standard InChI is InChI=1S/C15H23NO3/c1-16-14(12-5-4-6-13(11-12)17-2)15(18-3)7-9-19-10-8-15/h4-6,11,14,16H,7-10H2,1-3H3. The average Bonchev–Trinajstić information content (AvgIpc) is 2.49. The molecule has 0 saturated carbocycles. The average molecular weight is 265 g/mol. The minimum atomic E-state index is -0.209. The van der Waals surface area contributed by atoms with Gasteiger partial charge in [-0.15, -0.1) is 0 Å². The van der Waals surface area contributed by atoms with Gasteiger partial charge >= 0.3 is 0 Å². The van der Waals surface area contributed by atoms with Crippen molar-refractivity contribution >= 4 is 0 Å². The maximum Gasteiger partial charge on any atom is 0.119 e. The molecule has 0 amide bonds. The van der Waals surface area contributed by atoms with E-state index in [-0.39, 0.29) is 11.6 Å². The van der Waals surface area contributed by atoms with Gasteiger partial charge in [0.05, 0.1) is 18.8 Å². The zero-order valence-electron chi connectivity index (χ0n) is 11.9. The van der Waals surface area contributed by atoms with Crippen LogP contribution in [-0.4, -0.2) is 40.1 Å². The van der Waals surface area contributed by atoms with E-state index in [1.54, 1.807) is 14.2 Å². The van der Waals surface area contributed by atoms with Gasteiger partial charge in [0.15, 0.2) is 0 Å². The van der Waals surface area contributed by atoms with E-state index in [1.165, 1.54) is 5.56 Å². The van der Waals surface area contributed by atoms with Crippen molar-refractivity contribution in [3.8, 4) is 5.75 Å². The van der Waals surface area contributed by atoms with Crippen LogP contribution in [0, 0.1) is 0 Å². The predicted molar refractivity (Wildman–Crippen MR) is 74.6 cm³/mol. The lowest BCUT2D eigenvalue weighted by Gasteiger charge is -2.42. The highest BCUT2D eigenvalue weighted by Crippen LogP contribution is 2.37. The Kier molecular flexibility index (Phi) is 4.80. The van der Waals surface area contributed by atoms with Crippen LogP contribution in [0.15, 0.2) is 24.3 Å². The van der Waals surface area contributed by atoms with Gasteiger partial charge in [0.2, 0.25) is 0 Å². The Morgan fingerprint density at radius 1 is 1.26 bits per heavy atom. The van der Waals surface area contributed by atoms with Crippen LogP contribution in [0.5, 0.6) is 5.75 Å². The van der Waals surface area contributed by atoms with Gasteiger partial charge in [0.25, 0.3) is 0 Å². The molecule has 0 radical (unpaired) electrons. The fourth-order valence-corrected chi connectivity index (χ4v) is 2.88. The third-order valence-corrected chi connectivity index (χ3v) is 3.99. The molecule has 4 nitrogen and oxygen atoms in total. The molecule has 1 unspecified atom stereocenters. The number of hydrogen-bond donors (Lipinski definition) is 1. The summed E-state index contributed by atoms with van der Waals surface area (Å²) in [6, 6.07) is 8.29. The summed E-state index contributed by atoms with van der Waals surface area (Å²) in [6.07, 6.45) is 1.79. The van der Waals surface area contributed by atoms with E-state index >= 15 is 0 Å². The van der Waals surface area contributed by atoms with Gasteiger partial charge in [-0.25, -0.2) is 0 Å². The highest BCUT2D eigenvalue weighted by Gasteiger charge is 2.40. The lowest BCUT2D eigenvalue weighted by atomic mass is 9.82.